The Morgan fingerprint density at radius 1 is 0.939 bits per heavy atom. The Hall–Kier alpha value is -3.66. The summed E-state index contributed by atoms with van der Waals surface area (Å²) in [5, 5.41) is 3.94. The number of ether oxygens (including phenoxy) is 1. The highest BCUT2D eigenvalue weighted by molar-refractivity contribution is 6.07. The van der Waals surface area contributed by atoms with Crippen LogP contribution < -0.4 is 10.1 Å². The minimum atomic E-state index is -0.0835. The van der Waals surface area contributed by atoms with Crippen molar-refractivity contribution in [2.75, 3.05) is 13.7 Å². The highest BCUT2D eigenvalue weighted by atomic mass is 16.5. The number of amides is 1. The van der Waals surface area contributed by atoms with E-state index in [1.165, 1.54) is 5.56 Å². The van der Waals surface area contributed by atoms with E-state index in [1.807, 2.05) is 54.6 Å². The van der Waals surface area contributed by atoms with Crippen molar-refractivity contribution in [1.29, 1.82) is 0 Å². The summed E-state index contributed by atoms with van der Waals surface area (Å²) in [5.41, 5.74) is 5.76. The van der Waals surface area contributed by atoms with Crippen molar-refractivity contribution >= 4 is 16.8 Å². The molecule has 0 atom stereocenters. The normalized spacial score (nSPS) is 11.0. The Bertz CT molecular complexity index is 1230. The topological polar surface area (TPSA) is 51.2 Å². The van der Waals surface area contributed by atoms with E-state index in [0.29, 0.717) is 18.0 Å². The van der Waals surface area contributed by atoms with Gasteiger partial charge < -0.3 is 10.1 Å². The van der Waals surface area contributed by atoms with Gasteiger partial charge in [0, 0.05) is 17.5 Å². The third-order valence-corrected chi connectivity index (χ3v) is 5.71. The SMILES string of the molecule is COc1ccc(CCNC(=O)c2cc(-c3ccc(CC(C)C)cc3)nc3ccccc23)cc1. The van der Waals surface area contributed by atoms with Gasteiger partial charge in [0.1, 0.15) is 5.75 Å². The number of benzene rings is 3. The Morgan fingerprint density at radius 2 is 1.64 bits per heavy atom. The van der Waals surface area contributed by atoms with Gasteiger partial charge in [-0.25, -0.2) is 4.98 Å². The highest BCUT2D eigenvalue weighted by Gasteiger charge is 2.14. The van der Waals surface area contributed by atoms with Crippen LogP contribution in [0, 0.1) is 5.92 Å². The fourth-order valence-corrected chi connectivity index (χ4v) is 4.00. The first-order valence-corrected chi connectivity index (χ1v) is 11.4. The van der Waals surface area contributed by atoms with Crippen molar-refractivity contribution in [1.82, 2.24) is 10.3 Å². The molecule has 0 radical (unpaired) electrons. The zero-order chi connectivity index (χ0) is 23.2. The molecule has 1 heterocycles. The molecule has 0 unspecified atom stereocenters. The van der Waals surface area contributed by atoms with Crippen LogP contribution in [0.25, 0.3) is 22.2 Å². The van der Waals surface area contributed by atoms with Gasteiger partial charge in [0.15, 0.2) is 0 Å². The van der Waals surface area contributed by atoms with Crippen molar-refractivity contribution in [2.24, 2.45) is 5.92 Å². The number of methoxy groups -OCH3 is 1. The van der Waals surface area contributed by atoms with E-state index in [1.54, 1.807) is 7.11 Å². The van der Waals surface area contributed by atoms with E-state index in [9.17, 15) is 4.79 Å². The molecule has 4 rings (SSSR count). The van der Waals surface area contributed by atoms with Crippen molar-refractivity contribution in [3.05, 3.63) is 95.6 Å². The minimum Gasteiger partial charge on any atom is -0.497 e. The molecular formula is C29H30N2O2. The molecule has 0 aliphatic rings. The largest absolute Gasteiger partial charge is 0.497 e. The molecule has 0 aliphatic carbocycles. The number of pyridine rings is 1. The van der Waals surface area contributed by atoms with Crippen molar-refractivity contribution in [3.8, 4) is 17.0 Å². The maximum absolute atomic E-state index is 13.1. The standard InChI is InChI=1S/C29H30N2O2/c1-20(2)18-22-8-12-23(13-9-22)28-19-26(25-6-4-5-7-27(25)31-28)29(32)30-17-16-21-10-14-24(33-3)15-11-21/h4-15,19-20H,16-18H2,1-3H3,(H,30,32). The van der Waals surface area contributed by atoms with E-state index in [4.69, 9.17) is 9.72 Å². The van der Waals surface area contributed by atoms with Gasteiger partial charge in [0.25, 0.3) is 5.91 Å². The highest BCUT2D eigenvalue weighted by Crippen LogP contribution is 2.25. The van der Waals surface area contributed by atoms with Crippen molar-refractivity contribution in [2.45, 2.75) is 26.7 Å². The predicted octanol–water partition coefficient (Wildman–Crippen LogP) is 6.08. The van der Waals surface area contributed by atoms with Crippen LogP contribution in [0.5, 0.6) is 5.75 Å². The van der Waals surface area contributed by atoms with Gasteiger partial charge in [0.05, 0.1) is 23.9 Å². The molecule has 1 N–H and O–H groups in total. The molecule has 33 heavy (non-hydrogen) atoms. The molecule has 0 bridgehead atoms. The molecule has 0 saturated heterocycles. The zero-order valence-corrected chi connectivity index (χ0v) is 19.5. The number of carbonyl (C=O) groups is 1. The Kier molecular flexibility index (Phi) is 7.04. The number of hydrogen-bond donors (Lipinski definition) is 1. The van der Waals surface area contributed by atoms with Crippen LogP contribution in [0.4, 0.5) is 0 Å². The summed E-state index contributed by atoms with van der Waals surface area (Å²) < 4.78 is 5.21. The lowest BCUT2D eigenvalue weighted by Crippen LogP contribution is -2.26. The van der Waals surface area contributed by atoms with Crippen LogP contribution in [0.15, 0.2) is 78.9 Å². The maximum Gasteiger partial charge on any atom is 0.252 e. The number of hydrogen-bond acceptors (Lipinski definition) is 3. The molecule has 4 heteroatoms. The molecule has 4 nitrogen and oxygen atoms in total. The van der Waals surface area contributed by atoms with Crippen LogP contribution in [0.3, 0.4) is 0 Å². The molecule has 3 aromatic carbocycles. The average Bonchev–Trinajstić information content (AvgIpc) is 2.84. The summed E-state index contributed by atoms with van der Waals surface area (Å²) in [6.07, 6.45) is 1.80. The molecule has 0 saturated carbocycles. The van der Waals surface area contributed by atoms with Gasteiger partial charge in [-0.3, -0.25) is 4.79 Å². The van der Waals surface area contributed by atoms with Gasteiger partial charge in [-0.05, 0) is 54.2 Å². The first kappa shape index (κ1) is 22.5. The first-order chi connectivity index (χ1) is 16.0. The van der Waals surface area contributed by atoms with Crippen LogP contribution >= 0.6 is 0 Å². The van der Waals surface area contributed by atoms with Crippen molar-refractivity contribution < 1.29 is 9.53 Å². The van der Waals surface area contributed by atoms with E-state index < -0.39 is 0 Å². The van der Waals surface area contributed by atoms with Crippen LogP contribution in [0.2, 0.25) is 0 Å². The van der Waals surface area contributed by atoms with E-state index in [2.05, 4.69) is 43.4 Å². The van der Waals surface area contributed by atoms with E-state index >= 15 is 0 Å². The zero-order valence-electron chi connectivity index (χ0n) is 19.5. The minimum absolute atomic E-state index is 0.0835. The molecule has 4 aromatic rings. The summed E-state index contributed by atoms with van der Waals surface area (Å²) >= 11 is 0. The van der Waals surface area contributed by atoms with E-state index in [0.717, 1.165) is 46.3 Å². The second kappa shape index (κ2) is 10.3. The second-order valence-electron chi connectivity index (χ2n) is 8.72. The number of fused-ring (bicyclic) bond motifs is 1. The van der Waals surface area contributed by atoms with Gasteiger partial charge in [-0.1, -0.05) is 68.4 Å². The third kappa shape index (κ3) is 5.58. The quantitative estimate of drug-likeness (QED) is 0.363. The van der Waals surface area contributed by atoms with Crippen LogP contribution in [-0.2, 0) is 12.8 Å². The lowest BCUT2D eigenvalue weighted by molar-refractivity contribution is 0.0955. The number of nitrogens with one attached hydrogen (secondary N) is 1. The Labute approximate surface area is 195 Å². The summed E-state index contributed by atoms with van der Waals surface area (Å²) in [4.78, 5) is 18.0. The number of rotatable bonds is 8. The molecule has 1 amide bonds. The molecule has 0 aliphatic heterocycles. The summed E-state index contributed by atoms with van der Waals surface area (Å²) in [6.45, 7) is 5.00. The fraction of sp³-hybridized carbons (Fsp3) is 0.241. The lowest BCUT2D eigenvalue weighted by Gasteiger charge is -2.12. The van der Waals surface area contributed by atoms with Crippen LogP contribution in [-0.4, -0.2) is 24.5 Å². The fourth-order valence-electron chi connectivity index (χ4n) is 4.00. The third-order valence-electron chi connectivity index (χ3n) is 5.71. The van der Waals surface area contributed by atoms with E-state index in [-0.39, 0.29) is 5.91 Å². The average molecular weight is 439 g/mol. The lowest BCUT2D eigenvalue weighted by atomic mass is 9.99. The number of carbonyl (C=O) groups excluding carboxylic acids is 1. The van der Waals surface area contributed by atoms with Crippen LogP contribution in [0.1, 0.15) is 35.3 Å². The van der Waals surface area contributed by atoms with Gasteiger partial charge in [-0.2, -0.15) is 0 Å². The predicted molar refractivity (Wildman–Crippen MR) is 135 cm³/mol. The maximum atomic E-state index is 13.1. The van der Waals surface area contributed by atoms with Gasteiger partial charge in [0.2, 0.25) is 0 Å². The Morgan fingerprint density at radius 3 is 2.33 bits per heavy atom. The molecule has 168 valence electrons. The molecule has 1 aromatic heterocycles. The Balaban J connectivity index is 1.55. The number of aromatic nitrogens is 1. The summed E-state index contributed by atoms with van der Waals surface area (Å²) in [6, 6.07) is 26.1. The number of para-hydroxylation sites is 1. The molecular weight excluding hydrogens is 408 g/mol. The van der Waals surface area contributed by atoms with Gasteiger partial charge in [-0.15, -0.1) is 0 Å². The summed E-state index contributed by atoms with van der Waals surface area (Å²) in [7, 11) is 1.66. The second-order valence-corrected chi connectivity index (χ2v) is 8.72. The monoisotopic (exact) mass is 438 g/mol. The number of nitrogens with zero attached hydrogens (tertiary/aromatic N) is 1. The van der Waals surface area contributed by atoms with Gasteiger partial charge >= 0.3 is 0 Å². The molecule has 0 fully saturated rings. The molecule has 0 spiro atoms. The smallest absolute Gasteiger partial charge is 0.252 e. The van der Waals surface area contributed by atoms with Crippen molar-refractivity contribution in [3.63, 3.8) is 0 Å². The summed E-state index contributed by atoms with van der Waals surface area (Å²) in [5.74, 6) is 1.36. The first-order valence-electron chi connectivity index (χ1n) is 11.4.